The summed E-state index contributed by atoms with van der Waals surface area (Å²) in [5.41, 5.74) is 4.97. The van der Waals surface area contributed by atoms with Crippen LogP contribution in [-0.2, 0) is 9.59 Å². The van der Waals surface area contributed by atoms with Gasteiger partial charge in [0.05, 0.1) is 13.1 Å². The number of carbonyl (C=O) groups excluding carboxylic acids is 2. The number of carbonyl (C=O) groups is 3. The molecule has 7 nitrogen and oxygen atoms in total. The monoisotopic (exact) mass is 293 g/mol. The molecule has 1 aromatic carbocycles. The van der Waals surface area contributed by atoms with Gasteiger partial charge in [-0.2, -0.15) is 0 Å². The smallest absolute Gasteiger partial charge is 0.317 e. The number of hydrazine groups is 1. The lowest BCUT2D eigenvalue weighted by molar-refractivity contribution is -0.139. The number of aliphatic carboxylic acids is 1. The second-order valence-electron chi connectivity index (χ2n) is 4.76. The summed E-state index contributed by atoms with van der Waals surface area (Å²) >= 11 is 0. The number of hydrogen-bond donors (Lipinski definition) is 3. The lowest BCUT2D eigenvalue weighted by Crippen LogP contribution is -2.48. The summed E-state index contributed by atoms with van der Waals surface area (Å²) in [5, 5.41) is 8.77. The third kappa shape index (κ3) is 6.05. The van der Waals surface area contributed by atoms with Crippen LogP contribution in [0.25, 0.3) is 0 Å². The first-order valence-corrected chi connectivity index (χ1v) is 6.50. The maximum absolute atomic E-state index is 11.7. The fourth-order valence-electron chi connectivity index (χ4n) is 1.61. The Balaban J connectivity index is 2.46. The molecule has 0 unspecified atom stereocenters. The van der Waals surface area contributed by atoms with Gasteiger partial charge in [-0.15, -0.1) is 0 Å². The molecule has 0 heterocycles. The van der Waals surface area contributed by atoms with Crippen LogP contribution in [0.1, 0.15) is 24.2 Å². The normalized spacial score (nSPS) is 10.5. The molecule has 0 aliphatic carbocycles. The standard InChI is InChI=1S/C14H19N3O4/c1-10(2)17(9-13(19)20)8-12(18)15-16-14(21)11-6-4-3-5-7-11/h3-7,10H,8-9H2,1-2H3,(H,15,18)(H,16,21)(H,19,20). The Kier molecular flexibility index (Phi) is 6.35. The van der Waals surface area contributed by atoms with E-state index >= 15 is 0 Å². The van der Waals surface area contributed by atoms with Gasteiger partial charge in [0.1, 0.15) is 0 Å². The van der Waals surface area contributed by atoms with Crippen LogP contribution in [-0.4, -0.2) is 46.9 Å². The second-order valence-corrected chi connectivity index (χ2v) is 4.76. The number of benzene rings is 1. The number of carboxylic acids is 1. The zero-order valence-corrected chi connectivity index (χ0v) is 12.0. The molecule has 0 aromatic heterocycles. The van der Waals surface area contributed by atoms with E-state index in [0.717, 1.165) is 0 Å². The highest BCUT2D eigenvalue weighted by Gasteiger charge is 2.17. The molecule has 0 bridgehead atoms. The molecule has 7 heteroatoms. The van der Waals surface area contributed by atoms with Gasteiger partial charge in [0, 0.05) is 11.6 Å². The van der Waals surface area contributed by atoms with Crippen LogP contribution in [0, 0.1) is 0 Å². The molecule has 0 radical (unpaired) electrons. The van der Waals surface area contributed by atoms with Gasteiger partial charge in [-0.1, -0.05) is 18.2 Å². The van der Waals surface area contributed by atoms with E-state index in [9.17, 15) is 14.4 Å². The molecular weight excluding hydrogens is 274 g/mol. The first-order chi connectivity index (χ1) is 9.90. The minimum Gasteiger partial charge on any atom is -0.480 e. The second kappa shape index (κ2) is 8.01. The SMILES string of the molecule is CC(C)N(CC(=O)O)CC(=O)NNC(=O)c1ccccc1. The van der Waals surface area contributed by atoms with Crippen LogP contribution in [0.5, 0.6) is 0 Å². The van der Waals surface area contributed by atoms with E-state index in [-0.39, 0.29) is 19.1 Å². The van der Waals surface area contributed by atoms with Gasteiger partial charge in [0.2, 0.25) is 0 Å². The van der Waals surface area contributed by atoms with Crippen molar-refractivity contribution < 1.29 is 19.5 Å². The van der Waals surface area contributed by atoms with Crippen molar-refractivity contribution >= 4 is 17.8 Å². The Labute approximate surface area is 122 Å². The summed E-state index contributed by atoms with van der Waals surface area (Å²) in [6, 6.07) is 8.34. The number of nitrogens with zero attached hydrogens (tertiary/aromatic N) is 1. The molecule has 0 spiro atoms. The van der Waals surface area contributed by atoms with Crippen LogP contribution in [0.15, 0.2) is 30.3 Å². The average Bonchev–Trinajstić information content (AvgIpc) is 2.44. The van der Waals surface area contributed by atoms with Gasteiger partial charge in [0.15, 0.2) is 0 Å². The Morgan fingerprint density at radius 2 is 1.71 bits per heavy atom. The van der Waals surface area contributed by atoms with Crippen molar-refractivity contribution in [3.8, 4) is 0 Å². The molecule has 21 heavy (non-hydrogen) atoms. The first-order valence-electron chi connectivity index (χ1n) is 6.50. The Morgan fingerprint density at radius 3 is 2.24 bits per heavy atom. The van der Waals surface area contributed by atoms with Gasteiger partial charge < -0.3 is 5.11 Å². The molecular formula is C14H19N3O4. The number of nitrogens with one attached hydrogen (secondary N) is 2. The van der Waals surface area contributed by atoms with Crippen LogP contribution in [0.3, 0.4) is 0 Å². The summed E-state index contributed by atoms with van der Waals surface area (Å²) < 4.78 is 0. The van der Waals surface area contributed by atoms with Crippen LogP contribution >= 0.6 is 0 Å². The molecule has 1 rings (SSSR count). The summed E-state index contributed by atoms with van der Waals surface area (Å²) in [6.07, 6.45) is 0. The topological polar surface area (TPSA) is 98.7 Å². The van der Waals surface area contributed by atoms with Crippen molar-refractivity contribution in [2.24, 2.45) is 0 Å². The maximum Gasteiger partial charge on any atom is 0.317 e. The van der Waals surface area contributed by atoms with E-state index in [1.807, 2.05) is 0 Å². The van der Waals surface area contributed by atoms with E-state index < -0.39 is 17.8 Å². The highest BCUT2D eigenvalue weighted by Crippen LogP contribution is 1.98. The molecule has 0 atom stereocenters. The van der Waals surface area contributed by atoms with Crippen molar-refractivity contribution in [3.05, 3.63) is 35.9 Å². The fourth-order valence-corrected chi connectivity index (χ4v) is 1.61. The van der Waals surface area contributed by atoms with E-state index in [4.69, 9.17) is 5.11 Å². The molecule has 3 N–H and O–H groups in total. The summed E-state index contributed by atoms with van der Waals surface area (Å²) in [4.78, 5) is 35.6. The van der Waals surface area contributed by atoms with Crippen molar-refractivity contribution in [3.63, 3.8) is 0 Å². The van der Waals surface area contributed by atoms with Crippen molar-refractivity contribution in [2.45, 2.75) is 19.9 Å². The zero-order valence-electron chi connectivity index (χ0n) is 12.0. The van der Waals surface area contributed by atoms with Crippen LogP contribution in [0.4, 0.5) is 0 Å². The number of carboxylic acid groups (broad SMARTS) is 1. The lowest BCUT2D eigenvalue weighted by atomic mass is 10.2. The van der Waals surface area contributed by atoms with Crippen molar-refractivity contribution in [1.29, 1.82) is 0 Å². The molecule has 0 saturated heterocycles. The van der Waals surface area contributed by atoms with E-state index in [0.29, 0.717) is 5.56 Å². The highest BCUT2D eigenvalue weighted by molar-refractivity contribution is 5.95. The molecule has 114 valence electrons. The van der Waals surface area contributed by atoms with Crippen LogP contribution in [0.2, 0.25) is 0 Å². The fraction of sp³-hybridized carbons (Fsp3) is 0.357. The molecule has 0 fully saturated rings. The van der Waals surface area contributed by atoms with E-state index in [1.165, 1.54) is 4.90 Å². The Morgan fingerprint density at radius 1 is 1.10 bits per heavy atom. The minimum atomic E-state index is -1.01. The van der Waals surface area contributed by atoms with Crippen molar-refractivity contribution in [1.82, 2.24) is 15.8 Å². The lowest BCUT2D eigenvalue weighted by Gasteiger charge is -2.23. The minimum absolute atomic E-state index is 0.100. The molecule has 2 amide bonds. The average molecular weight is 293 g/mol. The predicted octanol–water partition coefficient (Wildman–Crippen LogP) is 0.243. The quantitative estimate of drug-likeness (QED) is 0.653. The third-order valence-corrected chi connectivity index (χ3v) is 2.77. The van der Waals surface area contributed by atoms with Gasteiger partial charge in [-0.05, 0) is 26.0 Å². The number of amides is 2. The highest BCUT2D eigenvalue weighted by atomic mass is 16.4. The van der Waals surface area contributed by atoms with Crippen LogP contribution < -0.4 is 10.9 Å². The zero-order chi connectivity index (χ0) is 15.8. The molecule has 0 saturated carbocycles. The van der Waals surface area contributed by atoms with Gasteiger partial charge in [-0.3, -0.25) is 30.1 Å². The van der Waals surface area contributed by atoms with Gasteiger partial charge in [-0.25, -0.2) is 0 Å². The predicted molar refractivity (Wildman–Crippen MR) is 76.4 cm³/mol. The molecule has 0 aliphatic rings. The van der Waals surface area contributed by atoms with Crippen molar-refractivity contribution in [2.75, 3.05) is 13.1 Å². The van der Waals surface area contributed by atoms with Gasteiger partial charge >= 0.3 is 5.97 Å². The number of rotatable bonds is 6. The summed E-state index contributed by atoms with van der Waals surface area (Å²) in [6.45, 7) is 3.23. The van der Waals surface area contributed by atoms with E-state index in [1.54, 1.807) is 44.2 Å². The summed E-state index contributed by atoms with van der Waals surface area (Å²) in [5.74, 6) is -1.92. The Bertz CT molecular complexity index is 502. The maximum atomic E-state index is 11.7. The van der Waals surface area contributed by atoms with E-state index in [2.05, 4.69) is 10.9 Å². The summed E-state index contributed by atoms with van der Waals surface area (Å²) in [7, 11) is 0. The molecule has 0 aliphatic heterocycles. The Hall–Kier alpha value is -2.41. The third-order valence-electron chi connectivity index (χ3n) is 2.77. The first kappa shape index (κ1) is 16.6. The van der Waals surface area contributed by atoms with Gasteiger partial charge in [0.25, 0.3) is 11.8 Å². The number of hydrogen-bond acceptors (Lipinski definition) is 4. The molecule has 1 aromatic rings. The largest absolute Gasteiger partial charge is 0.480 e.